The van der Waals surface area contributed by atoms with E-state index in [9.17, 15) is 13.2 Å². The van der Waals surface area contributed by atoms with Crippen molar-refractivity contribution in [2.24, 2.45) is 0 Å². The van der Waals surface area contributed by atoms with Gasteiger partial charge in [0.15, 0.2) is 15.6 Å². The van der Waals surface area contributed by atoms with Crippen LogP contribution in [-0.2, 0) is 9.84 Å². The molecule has 1 aromatic heterocycles. The van der Waals surface area contributed by atoms with E-state index in [0.29, 0.717) is 17.8 Å². The zero-order chi connectivity index (χ0) is 15.3. The molecule has 1 saturated heterocycles. The summed E-state index contributed by atoms with van der Waals surface area (Å²) in [4.78, 5) is 14.6. The molecule has 1 amide bonds. The highest BCUT2D eigenvalue weighted by Gasteiger charge is 2.43. The number of furan rings is 1. The van der Waals surface area contributed by atoms with Crippen molar-refractivity contribution in [2.75, 3.05) is 11.5 Å². The molecule has 1 saturated carbocycles. The van der Waals surface area contributed by atoms with Crippen LogP contribution in [0.3, 0.4) is 0 Å². The Kier molecular flexibility index (Phi) is 3.04. The smallest absolute Gasteiger partial charge is 0.290 e. The first-order valence-corrected chi connectivity index (χ1v) is 9.37. The fourth-order valence-electron chi connectivity index (χ4n) is 3.19. The number of carbonyl (C=O) groups is 1. The first-order valence-electron chi connectivity index (χ1n) is 7.55. The Morgan fingerprint density at radius 3 is 2.55 bits per heavy atom. The average molecular weight is 319 g/mol. The standard InChI is InChI=1S/C16H17NO4S/c18-16(15-9-11-3-1-2-4-14(11)21-15)17(12-5-6-12)13-7-8-22(19,20)10-13/h1-4,9,12-13H,5-8,10H2/t13-/m1/s1. The maximum Gasteiger partial charge on any atom is 0.290 e. The van der Waals surface area contributed by atoms with Crippen LogP contribution in [0.15, 0.2) is 34.7 Å². The van der Waals surface area contributed by atoms with Gasteiger partial charge in [-0.1, -0.05) is 18.2 Å². The molecule has 0 N–H and O–H groups in total. The third-order valence-corrected chi connectivity index (χ3v) is 6.16. The van der Waals surface area contributed by atoms with Crippen LogP contribution in [0, 0.1) is 0 Å². The van der Waals surface area contributed by atoms with Crippen LogP contribution in [0.5, 0.6) is 0 Å². The van der Waals surface area contributed by atoms with Crippen molar-refractivity contribution in [3.05, 3.63) is 36.1 Å². The molecule has 1 aliphatic heterocycles. The van der Waals surface area contributed by atoms with E-state index in [4.69, 9.17) is 4.42 Å². The molecule has 2 aliphatic rings. The van der Waals surface area contributed by atoms with E-state index in [0.717, 1.165) is 18.2 Å². The van der Waals surface area contributed by atoms with Crippen molar-refractivity contribution in [1.29, 1.82) is 0 Å². The molecule has 1 atom stereocenters. The van der Waals surface area contributed by atoms with Gasteiger partial charge in [-0.15, -0.1) is 0 Å². The first kappa shape index (κ1) is 13.8. The van der Waals surface area contributed by atoms with Crippen LogP contribution < -0.4 is 0 Å². The van der Waals surface area contributed by atoms with Gasteiger partial charge >= 0.3 is 0 Å². The van der Waals surface area contributed by atoms with Gasteiger partial charge in [-0.2, -0.15) is 0 Å². The number of amides is 1. The van der Waals surface area contributed by atoms with E-state index in [1.807, 2.05) is 24.3 Å². The molecule has 0 spiro atoms. The number of para-hydroxylation sites is 1. The van der Waals surface area contributed by atoms with Gasteiger partial charge in [0.2, 0.25) is 0 Å². The highest BCUT2D eigenvalue weighted by Crippen LogP contribution is 2.34. The van der Waals surface area contributed by atoms with Gasteiger partial charge in [0.1, 0.15) is 5.58 Å². The van der Waals surface area contributed by atoms with Crippen molar-refractivity contribution < 1.29 is 17.6 Å². The Labute approximate surface area is 128 Å². The van der Waals surface area contributed by atoms with Gasteiger partial charge in [0, 0.05) is 17.5 Å². The van der Waals surface area contributed by atoms with E-state index in [1.165, 1.54) is 0 Å². The Morgan fingerprint density at radius 2 is 1.91 bits per heavy atom. The molecule has 4 rings (SSSR count). The summed E-state index contributed by atoms with van der Waals surface area (Å²) >= 11 is 0. The van der Waals surface area contributed by atoms with Gasteiger partial charge in [-0.3, -0.25) is 4.79 Å². The van der Waals surface area contributed by atoms with Crippen molar-refractivity contribution in [2.45, 2.75) is 31.3 Å². The van der Waals surface area contributed by atoms with Crippen LogP contribution in [0.25, 0.3) is 11.0 Å². The van der Waals surface area contributed by atoms with Gasteiger partial charge < -0.3 is 9.32 Å². The first-order chi connectivity index (χ1) is 10.5. The molecule has 2 aromatic rings. The van der Waals surface area contributed by atoms with E-state index in [2.05, 4.69) is 0 Å². The zero-order valence-corrected chi connectivity index (χ0v) is 12.9. The van der Waals surface area contributed by atoms with E-state index >= 15 is 0 Å². The number of hydrogen-bond donors (Lipinski definition) is 0. The largest absolute Gasteiger partial charge is 0.451 e. The quantitative estimate of drug-likeness (QED) is 0.870. The zero-order valence-electron chi connectivity index (χ0n) is 12.1. The number of hydrogen-bond acceptors (Lipinski definition) is 4. The average Bonchev–Trinajstić information content (AvgIpc) is 3.10. The molecule has 2 heterocycles. The number of sulfone groups is 1. The van der Waals surface area contributed by atoms with Crippen molar-refractivity contribution in [1.82, 2.24) is 4.90 Å². The third-order valence-electron chi connectivity index (χ3n) is 4.41. The maximum atomic E-state index is 12.8. The second kappa shape index (κ2) is 4.84. The second-order valence-electron chi connectivity index (χ2n) is 6.15. The Balaban J connectivity index is 1.66. The maximum absolute atomic E-state index is 12.8. The second-order valence-corrected chi connectivity index (χ2v) is 8.38. The minimum absolute atomic E-state index is 0.0788. The van der Waals surface area contributed by atoms with Crippen LogP contribution in [0.4, 0.5) is 0 Å². The predicted molar refractivity (Wildman–Crippen MR) is 82.5 cm³/mol. The summed E-state index contributed by atoms with van der Waals surface area (Å²) in [5.74, 6) is 0.377. The van der Waals surface area contributed by atoms with Crippen LogP contribution in [0.2, 0.25) is 0 Å². The van der Waals surface area contributed by atoms with Gasteiger partial charge in [0.25, 0.3) is 5.91 Å². The summed E-state index contributed by atoms with van der Waals surface area (Å²) in [6.07, 6.45) is 2.43. The molecule has 22 heavy (non-hydrogen) atoms. The highest BCUT2D eigenvalue weighted by molar-refractivity contribution is 7.91. The third kappa shape index (κ3) is 2.41. The topological polar surface area (TPSA) is 67.6 Å². The van der Waals surface area contributed by atoms with Crippen molar-refractivity contribution >= 4 is 26.7 Å². The van der Waals surface area contributed by atoms with Gasteiger partial charge in [0.05, 0.1) is 11.5 Å². The molecular weight excluding hydrogens is 302 g/mol. The Bertz CT molecular complexity index is 802. The summed E-state index contributed by atoms with van der Waals surface area (Å²) < 4.78 is 29.1. The molecular formula is C16H17NO4S. The highest BCUT2D eigenvalue weighted by atomic mass is 32.2. The van der Waals surface area contributed by atoms with E-state index in [-0.39, 0.29) is 29.5 Å². The molecule has 0 bridgehead atoms. The van der Waals surface area contributed by atoms with Crippen LogP contribution in [-0.4, -0.2) is 42.8 Å². The molecule has 6 heteroatoms. The molecule has 5 nitrogen and oxygen atoms in total. The summed E-state index contributed by atoms with van der Waals surface area (Å²) in [5, 5.41) is 0.889. The summed E-state index contributed by atoms with van der Waals surface area (Å²) in [5.41, 5.74) is 0.681. The minimum atomic E-state index is -3.01. The Hall–Kier alpha value is -1.82. The summed E-state index contributed by atoms with van der Waals surface area (Å²) in [6.45, 7) is 0. The summed E-state index contributed by atoms with van der Waals surface area (Å²) in [7, 11) is -3.01. The lowest BCUT2D eigenvalue weighted by molar-refractivity contribution is 0.0650. The monoisotopic (exact) mass is 319 g/mol. The van der Waals surface area contributed by atoms with E-state index < -0.39 is 9.84 Å². The van der Waals surface area contributed by atoms with Gasteiger partial charge in [-0.05, 0) is 31.4 Å². The van der Waals surface area contributed by atoms with Gasteiger partial charge in [-0.25, -0.2) is 8.42 Å². The predicted octanol–water partition coefficient (Wildman–Crippen LogP) is 2.22. The number of benzene rings is 1. The SMILES string of the molecule is O=C(c1cc2ccccc2o1)N(C1CC1)[C@@H]1CCS(=O)(=O)C1. The van der Waals surface area contributed by atoms with Crippen molar-refractivity contribution in [3.8, 4) is 0 Å². The molecule has 1 aliphatic carbocycles. The molecule has 0 unspecified atom stereocenters. The number of rotatable bonds is 3. The molecule has 2 fully saturated rings. The lowest BCUT2D eigenvalue weighted by Crippen LogP contribution is -2.42. The Morgan fingerprint density at radius 1 is 1.14 bits per heavy atom. The minimum Gasteiger partial charge on any atom is -0.451 e. The van der Waals surface area contributed by atoms with Crippen LogP contribution in [0.1, 0.15) is 29.8 Å². The molecule has 1 aromatic carbocycles. The number of nitrogens with zero attached hydrogens (tertiary/aromatic N) is 1. The fourth-order valence-corrected chi connectivity index (χ4v) is 4.90. The molecule has 116 valence electrons. The molecule has 0 radical (unpaired) electrons. The normalized spacial score (nSPS) is 23.7. The van der Waals surface area contributed by atoms with Crippen LogP contribution >= 0.6 is 0 Å². The number of fused-ring (bicyclic) bond motifs is 1. The van der Waals surface area contributed by atoms with E-state index in [1.54, 1.807) is 11.0 Å². The lowest BCUT2D eigenvalue weighted by Gasteiger charge is -2.27. The lowest BCUT2D eigenvalue weighted by atomic mass is 10.2. The summed E-state index contributed by atoms with van der Waals surface area (Å²) in [6, 6.07) is 9.19. The van der Waals surface area contributed by atoms with Crippen molar-refractivity contribution in [3.63, 3.8) is 0 Å². The number of carbonyl (C=O) groups excluding carboxylic acids is 1. The fraction of sp³-hybridized carbons (Fsp3) is 0.438.